The Morgan fingerprint density at radius 2 is 1.78 bits per heavy atom. The van der Waals surface area contributed by atoms with Crippen LogP contribution in [-0.4, -0.2) is 12.2 Å². The number of halogens is 3. The Morgan fingerprint density at radius 3 is 1.78 bits per heavy atom. The smallest absolute Gasteiger partial charge is 0.401 e. The lowest BCUT2D eigenvalue weighted by molar-refractivity contribution is -0.139. The van der Waals surface area contributed by atoms with Crippen LogP contribution in [0, 0.1) is 0 Å². The molecular formula is C4H7F3N2. The van der Waals surface area contributed by atoms with E-state index in [9.17, 15) is 13.2 Å². The molecule has 0 aliphatic heterocycles. The molecular weight excluding hydrogens is 133 g/mol. The summed E-state index contributed by atoms with van der Waals surface area (Å²) in [5, 5.41) is 0. The molecule has 54 valence electrons. The van der Waals surface area contributed by atoms with Gasteiger partial charge in [-0.3, -0.25) is 0 Å². The van der Waals surface area contributed by atoms with E-state index in [2.05, 4.69) is 18.0 Å². The van der Waals surface area contributed by atoms with Crippen LogP contribution in [0.1, 0.15) is 0 Å². The van der Waals surface area contributed by atoms with Crippen molar-refractivity contribution in [2.75, 3.05) is 0 Å². The highest BCUT2D eigenvalue weighted by atomic mass is 19.4. The third-order valence-corrected chi connectivity index (χ3v) is 0.752. The number of alkyl halides is 3. The molecule has 0 aromatic rings. The van der Waals surface area contributed by atoms with E-state index in [4.69, 9.17) is 0 Å². The average Bonchev–Trinajstić information content (AvgIpc) is 1.62. The summed E-state index contributed by atoms with van der Waals surface area (Å²) in [6, 6.07) is -2.10. The third kappa shape index (κ3) is 2.36. The van der Waals surface area contributed by atoms with Gasteiger partial charge in [0.1, 0.15) is 6.04 Å². The Bertz CT molecular complexity index is 117. The van der Waals surface area contributed by atoms with Crippen molar-refractivity contribution in [3.8, 4) is 0 Å². The molecule has 0 aromatic carbocycles. The molecule has 0 heterocycles. The second-order valence-electron chi connectivity index (χ2n) is 1.59. The van der Waals surface area contributed by atoms with E-state index in [1.54, 1.807) is 0 Å². The van der Waals surface area contributed by atoms with Gasteiger partial charge in [-0.05, 0) is 0 Å². The van der Waals surface area contributed by atoms with E-state index in [1.165, 1.54) is 0 Å². The molecule has 0 aliphatic carbocycles. The van der Waals surface area contributed by atoms with Gasteiger partial charge in [0.2, 0.25) is 0 Å². The molecule has 0 bridgehead atoms. The molecule has 4 N–H and O–H groups in total. The van der Waals surface area contributed by atoms with Gasteiger partial charge in [-0.25, -0.2) is 0 Å². The lowest BCUT2D eigenvalue weighted by Crippen LogP contribution is -2.41. The predicted molar refractivity (Wildman–Crippen MR) is 27.4 cm³/mol. The SMILES string of the molecule is C=C(N)C(N)C(F)(F)F. The first kappa shape index (κ1) is 8.29. The predicted octanol–water partition coefficient (Wildman–Crippen LogP) is 0.348. The molecule has 9 heavy (non-hydrogen) atoms. The second-order valence-corrected chi connectivity index (χ2v) is 1.59. The van der Waals surface area contributed by atoms with Crippen LogP contribution >= 0.6 is 0 Å². The van der Waals surface area contributed by atoms with Crippen molar-refractivity contribution in [3.05, 3.63) is 12.3 Å². The van der Waals surface area contributed by atoms with Gasteiger partial charge in [0, 0.05) is 5.70 Å². The zero-order valence-electron chi connectivity index (χ0n) is 4.57. The minimum Gasteiger partial charge on any atom is -0.401 e. The van der Waals surface area contributed by atoms with Crippen LogP contribution in [0.5, 0.6) is 0 Å². The van der Waals surface area contributed by atoms with E-state index in [1.807, 2.05) is 0 Å². The molecule has 0 fully saturated rings. The Hall–Kier alpha value is -0.710. The fraction of sp³-hybridized carbons (Fsp3) is 0.500. The van der Waals surface area contributed by atoms with Crippen molar-refractivity contribution in [1.82, 2.24) is 0 Å². The molecule has 1 unspecified atom stereocenters. The number of hydrogen-bond acceptors (Lipinski definition) is 2. The topological polar surface area (TPSA) is 52.0 Å². The lowest BCUT2D eigenvalue weighted by Gasteiger charge is -2.13. The minimum absolute atomic E-state index is 0.567. The Kier molecular flexibility index (Phi) is 2.08. The van der Waals surface area contributed by atoms with Crippen LogP contribution in [0.15, 0.2) is 12.3 Å². The molecule has 0 saturated carbocycles. The first-order valence-electron chi connectivity index (χ1n) is 2.12. The Balaban J connectivity index is 4.04. The molecule has 0 aliphatic rings. The fourth-order valence-electron chi connectivity index (χ4n) is 0.210. The molecule has 0 rings (SSSR count). The van der Waals surface area contributed by atoms with Crippen LogP contribution < -0.4 is 11.5 Å². The molecule has 0 amide bonds. The van der Waals surface area contributed by atoms with Gasteiger partial charge >= 0.3 is 6.18 Å². The van der Waals surface area contributed by atoms with Gasteiger partial charge < -0.3 is 11.5 Å². The summed E-state index contributed by atoms with van der Waals surface area (Å²) >= 11 is 0. The van der Waals surface area contributed by atoms with Crippen molar-refractivity contribution in [2.24, 2.45) is 11.5 Å². The second kappa shape index (κ2) is 2.26. The third-order valence-electron chi connectivity index (χ3n) is 0.752. The first-order valence-corrected chi connectivity index (χ1v) is 2.12. The van der Waals surface area contributed by atoms with E-state index in [0.717, 1.165) is 0 Å². The lowest BCUT2D eigenvalue weighted by atomic mass is 10.2. The fourth-order valence-corrected chi connectivity index (χ4v) is 0.210. The monoisotopic (exact) mass is 140 g/mol. The molecule has 0 saturated heterocycles. The van der Waals surface area contributed by atoms with Crippen molar-refractivity contribution in [2.45, 2.75) is 12.2 Å². The summed E-state index contributed by atoms with van der Waals surface area (Å²) < 4.78 is 34.3. The van der Waals surface area contributed by atoms with Gasteiger partial charge in [-0.1, -0.05) is 6.58 Å². The van der Waals surface area contributed by atoms with E-state index >= 15 is 0 Å². The summed E-state index contributed by atoms with van der Waals surface area (Å²) in [5.74, 6) is 0. The van der Waals surface area contributed by atoms with Gasteiger partial charge in [0.25, 0.3) is 0 Å². The summed E-state index contributed by atoms with van der Waals surface area (Å²) in [4.78, 5) is 0. The maximum atomic E-state index is 11.4. The van der Waals surface area contributed by atoms with Gasteiger partial charge in [-0.2, -0.15) is 13.2 Å². The van der Waals surface area contributed by atoms with E-state index in [-0.39, 0.29) is 0 Å². The van der Waals surface area contributed by atoms with Gasteiger partial charge in [0.15, 0.2) is 0 Å². The van der Waals surface area contributed by atoms with Crippen molar-refractivity contribution < 1.29 is 13.2 Å². The summed E-state index contributed by atoms with van der Waals surface area (Å²) in [7, 11) is 0. The molecule has 1 atom stereocenters. The van der Waals surface area contributed by atoms with E-state index in [0.29, 0.717) is 0 Å². The molecule has 2 nitrogen and oxygen atoms in total. The highest BCUT2D eigenvalue weighted by Crippen LogP contribution is 2.20. The van der Waals surface area contributed by atoms with E-state index < -0.39 is 17.9 Å². The number of hydrogen-bond donors (Lipinski definition) is 2. The maximum Gasteiger partial charge on any atom is 0.409 e. The maximum absolute atomic E-state index is 11.4. The highest BCUT2D eigenvalue weighted by molar-refractivity contribution is 5.01. The zero-order valence-corrected chi connectivity index (χ0v) is 4.57. The summed E-state index contributed by atoms with van der Waals surface area (Å²) in [5.41, 5.74) is 8.66. The largest absolute Gasteiger partial charge is 0.409 e. The molecule has 5 heteroatoms. The van der Waals surface area contributed by atoms with Crippen LogP contribution in [-0.2, 0) is 0 Å². The van der Waals surface area contributed by atoms with Gasteiger partial charge in [0.05, 0.1) is 0 Å². The highest BCUT2D eigenvalue weighted by Gasteiger charge is 2.37. The summed E-state index contributed by atoms with van der Waals surface area (Å²) in [6.45, 7) is 2.85. The van der Waals surface area contributed by atoms with Crippen LogP contribution in [0.3, 0.4) is 0 Å². The molecule has 0 aromatic heterocycles. The Labute approximate surface area is 50.3 Å². The number of nitrogens with two attached hydrogens (primary N) is 2. The summed E-state index contributed by atoms with van der Waals surface area (Å²) in [6.07, 6.45) is -4.47. The normalized spacial score (nSPS) is 15.1. The van der Waals surface area contributed by atoms with Crippen LogP contribution in [0.25, 0.3) is 0 Å². The van der Waals surface area contributed by atoms with Gasteiger partial charge in [-0.15, -0.1) is 0 Å². The van der Waals surface area contributed by atoms with Crippen LogP contribution in [0.4, 0.5) is 13.2 Å². The number of rotatable bonds is 1. The van der Waals surface area contributed by atoms with Crippen molar-refractivity contribution >= 4 is 0 Å². The van der Waals surface area contributed by atoms with Crippen molar-refractivity contribution in [3.63, 3.8) is 0 Å². The quantitative estimate of drug-likeness (QED) is 0.552. The zero-order chi connectivity index (χ0) is 7.65. The molecule has 0 spiro atoms. The molecule has 0 radical (unpaired) electrons. The minimum atomic E-state index is -4.47. The Morgan fingerprint density at radius 1 is 1.44 bits per heavy atom. The standard InChI is InChI=1S/C4H7F3N2/c1-2(8)3(9)4(5,6)7/h3H,1,8-9H2. The first-order chi connectivity index (χ1) is 3.85. The average molecular weight is 140 g/mol. The van der Waals surface area contributed by atoms with Crippen LogP contribution in [0.2, 0.25) is 0 Å². The van der Waals surface area contributed by atoms with Crippen molar-refractivity contribution in [1.29, 1.82) is 0 Å².